The first-order chi connectivity index (χ1) is 13.2. The molecule has 0 spiro atoms. The molecule has 0 bridgehead atoms. The van der Waals surface area contributed by atoms with E-state index in [1.165, 1.54) is 6.08 Å². The number of carbonyl (C=O) groups is 2. The quantitative estimate of drug-likeness (QED) is 0.507. The standard InChI is InChI=1S/C22H19NO4/c1-2-26-21(24)14-11-16-7-6-10-18(15-16)23-22(25)20-13-12-19(27-20)17-8-4-3-5-9-17/h3-15H,2H2,1H3,(H,23,25)/b14-11+. The number of anilines is 1. The average Bonchev–Trinajstić information content (AvgIpc) is 3.18. The van der Waals surface area contributed by atoms with Crippen LogP contribution in [0.1, 0.15) is 23.0 Å². The summed E-state index contributed by atoms with van der Waals surface area (Å²) >= 11 is 0. The number of nitrogens with one attached hydrogen (secondary N) is 1. The Kier molecular flexibility index (Phi) is 5.84. The van der Waals surface area contributed by atoms with Crippen LogP contribution >= 0.6 is 0 Å². The summed E-state index contributed by atoms with van der Waals surface area (Å²) in [4.78, 5) is 23.8. The highest BCUT2D eigenvalue weighted by Crippen LogP contribution is 2.22. The Balaban J connectivity index is 1.69. The summed E-state index contributed by atoms with van der Waals surface area (Å²) in [6, 6.07) is 20.1. The van der Waals surface area contributed by atoms with Crippen LogP contribution in [-0.4, -0.2) is 18.5 Å². The van der Waals surface area contributed by atoms with Gasteiger partial charge in [0.25, 0.3) is 5.91 Å². The Morgan fingerprint density at radius 3 is 2.63 bits per heavy atom. The molecule has 0 fully saturated rings. The zero-order valence-electron chi connectivity index (χ0n) is 14.8. The molecule has 1 amide bonds. The largest absolute Gasteiger partial charge is 0.463 e. The molecular weight excluding hydrogens is 342 g/mol. The molecular formula is C22H19NO4. The van der Waals surface area contributed by atoms with Gasteiger partial charge in [0.2, 0.25) is 0 Å². The van der Waals surface area contributed by atoms with Gasteiger partial charge in [0.15, 0.2) is 5.76 Å². The lowest BCUT2D eigenvalue weighted by molar-refractivity contribution is -0.137. The molecule has 136 valence electrons. The van der Waals surface area contributed by atoms with Crippen LogP contribution in [0.2, 0.25) is 0 Å². The Morgan fingerprint density at radius 1 is 1.04 bits per heavy atom. The van der Waals surface area contributed by atoms with Crippen LogP contribution in [0.25, 0.3) is 17.4 Å². The number of hydrogen-bond donors (Lipinski definition) is 1. The van der Waals surface area contributed by atoms with Crippen molar-refractivity contribution in [3.05, 3.63) is 84.1 Å². The van der Waals surface area contributed by atoms with Crippen molar-refractivity contribution >= 4 is 23.6 Å². The van der Waals surface area contributed by atoms with Crippen LogP contribution in [-0.2, 0) is 9.53 Å². The van der Waals surface area contributed by atoms with Crippen LogP contribution < -0.4 is 5.32 Å². The minimum Gasteiger partial charge on any atom is -0.463 e. The van der Waals surface area contributed by atoms with Crippen LogP contribution in [0, 0.1) is 0 Å². The van der Waals surface area contributed by atoms with E-state index in [4.69, 9.17) is 9.15 Å². The van der Waals surface area contributed by atoms with Crippen molar-refractivity contribution in [3.8, 4) is 11.3 Å². The molecule has 1 N–H and O–H groups in total. The number of esters is 1. The monoisotopic (exact) mass is 361 g/mol. The maximum Gasteiger partial charge on any atom is 0.330 e. The van der Waals surface area contributed by atoms with Crippen LogP contribution in [0.3, 0.4) is 0 Å². The molecule has 0 aliphatic rings. The summed E-state index contributed by atoms with van der Waals surface area (Å²) in [5.41, 5.74) is 2.27. The van der Waals surface area contributed by atoms with Crippen molar-refractivity contribution in [2.45, 2.75) is 6.92 Å². The molecule has 5 nitrogen and oxygen atoms in total. The van der Waals surface area contributed by atoms with Gasteiger partial charge in [-0.2, -0.15) is 0 Å². The second kappa shape index (κ2) is 8.67. The summed E-state index contributed by atoms with van der Waals surface area (Å²) in [5.74, 6) is 0.105. The number of benzene rings is 2. The molecule has 3 rings (SSSR count). The van der Waals surface area contributed by atoms with Gasteiger partial charge >= 0.3 is 5.97 Å². The Hall–Kier alpha value is -3.60. The summed E-state index contributed by atoms with van der Waals surface area (Å²) in [7, 11) is 0. The number of amides is 1. The fourth-order valence-electron chi connectivity index (χ4n) is 2.48. The number of ether oxygens (including phenoxy) is 1. The molecule has 3 aromatic rings. The Bertz CT molecular complexity index is 957. The molecule has 0 saturated heterocycles. The highest BCUT2D eigenvalue weighted by Gasteiger charge is 2.12. The Labute approximate surface area is 157 Å². The van der Waals surface area contributed by atoms with Gasteiger partial charge in [-0.25, -0.2) is 4.79 Å². The first-order valence-electron chi connectivity index (χ1n) is 8.57. The number of furan rings is 1. The molecule has 0 radical (unpaired) electrons. The van der Waals surface area contributed by atoms with Crippen LogP contribution in [0.5, 0.6) is 0 Å². The summed E-state index contributed by atoms with van der Waals surface area (Å²) in [6.45, 7) is 2.08. The fraction of sp³-hybridized carbons (Fsp3) is 0.0909. The van der Waals surface area contributed by atoms with Gasteiger partial charge in [-0.05, 0) is 42.8 Å². The average molecular weight is 361 g/mol. The fourth-order valence-corrected chi connectivity index (χ4v) is 2.48. The highest BCUT2D eigenvalue weighted by molar-refractivity contribution is 6.02. The van der Waals surface area contributed by atoms with Crippen molar-refractivity contribution in [3.63, 3.8) is 0 Å². The molecule has 5 heteroatoms. The number of rotatable bonds is 6. The van der Waals surface area contributed by atoms with Crippen molar-refractivity contribution in [1.82, 2.24) is 0 Å². The van der Waals surface area contributed by atoms with Crippen molar-refractivity contribution < 1.29 is 18.7 Å². The third-order valence-electron chi connectivity index (χ3n) is 3.73. The maximum atomic E-state index is 12.4. The summed E-state index contributed by atoms with van der Waals surface area (Å²) < 4.78 is 10.5. The van der Waals surface area contributed by atoms with E-state index in [9.17, 15) is 9.59 Å². The van der Waals surface area contributed by atoms with Crippen molar-refractivity contribution in [1.29, 1.82) is 0 Å². The lowest BCUT2D eigenvalue weighted by Crippen LogP contribution is -2.10. The van der Waals surface area contributed by atoms with Crippen molar-refractivity contribution in [2.24, 2.45) is 0 Å². The SMILES string of the molecule is CCOC(=O)/C=C/c1cccc(NC(=O)c2ccc(-c3ccccc3)o2)c1. The first-order valence-corrected chi connectivity index (χ1v) is 8.57. The normalized spacial score (nSPS) is 10.7. The predicted molar refractivity (Wildman–Crippen MR) is 104 cm³/mol. The molecule has 0 unspecified atom stereocenters. The molecule has 1 aromatic heterocycles. The molecule has 0 atom stereocenters. The highest BCUT2D eigenvalue weighted by atomic mass is 16.5. The lowest BCUT2D eigenvalue weighted by Gasteiger charge is -2.04. The molecule has 27 heavy (non-hydrogen) atoms. The van der Waals surface area contributed by atoms with E-state index < -0.39 is 5.97 Å². The van der Waals surface area contributed by atoms with E-state index >= 15 is 0 Å². The van der Waals surface area contributed by atoms with Gasteiger partial charge in [0.1, 0.15) is 5.76 Å². The van der Waals surface area contributed by atoms with E-state index in [1.807, 2.05) is 36.4 Å². The zero-order chi connectivity index (χ0) is 19.1. The van der Waals surface area contributed by atoms with Crippen LogP contribution in [0.4, 0.5) is 5.69 Å². The van der Waals surface area contributed by atoms with E-state index in [0.717, 1.165) is 11.1 Å². The minimum atomic E-state index is -0.407. The minimum absolute atomic E-state index is 0.223. The van der Waals surface area contributed by atoms with Gasteiger partial charge in [0.05, 0.1) is 6.61 Å². The third-order valence-corrected chi connectivity index (χ3v) is 3.73. The molecule has 1 heterocycles. The molecule has 2 aromatic carbocycles. The van der Waals surface area contributed by atoms with Crippen molar-refractivity contribution in [2.75, 3.05) is 11.9 Å². The van der Waals surface area contributed by atoms with Gasteiger partial charge < -0.3 is 14.5 Å². The van der Waals surface area contributed by atoms with Gasteiger partial charge in [-0.15, -0.1) is 0 Å². The van der Waals surface area contributed by atoms with E-state index in [1.54, 1.807) is 43.3 Å². The predicted octanol–water partition coefficient (Wildman–Crippen LogP) is 4.78. The topological polar surface area (TPSA) is 68.5 Å². The second-order valence-corrected chi connectivity index (χ2v) is 5.69. The van der Waals surface area contributed by atoms with E-state index in [-0.39, 0.29) is 11.7 Å². The molecule has 0 aliphatic heterocycles. The smallest absolute Gasteiger partial charge is 0.330 e. The van der Waals surface area contributed by atoms with E-state index in [0.29, 0.717) is 18.1 Å². The van der Waals surface area contributed by atoms with E-state index in [2.05, 4.69) is 5.32 Å². The third kappa shape index (κ3) is 4.95. The Morgan fingerprint density at radius 2 is 1.85 bits per heavy atom. The first kappa shape index (κ1) is 18.2. The van der Waals surface area contributed by atoms with Gasteiger partial charge in [-0.1, -0.05) is 42.5 Å². The second-order valence-electron chi connectivity index (χ2n) is 5.69. The maximum absolute atomic E-state index is 12.4. The zero-order valence-corrected chi connectivity index (χ0v) is 14.8. The van der Waals surface area contributed by atoms with Gasteiger partial charge in [0, 0.05) is 17.3 Å². The molecule has 0 aliphatic carbocycles. The van der Waals surface area contributed by atoms with Crippen LogP contribution in [0.15, 0.2) is 77.2 Å². The lowest BCUT2D eigenvalue weighted by atomic mass is 10.2. The van der Waals surface area contributed by atoms with Gasteiger partial charge in [-0.3, -0.25) is 4.79 Å². The molecule has 0 saturated carbocycles. The number of carbonyl (C=O) groups excluding carboxylic acids is 2. The summed E-state index contributed by atoms with van der Waals surface area (Å²) in [5, 5.41) is 2.79. The number of hydrogen-bond acceptors (Lipinski definition) is 4. The summed E-state index contributed by atoms with van der Waals surface area (Å²) in [6.07, 6.45) is 2.98.